The molecular weight excluding hydrogens is 178 g/mol. The molecule has 0 amide bonds. The number of hydrogen-bond donors (Lipinski definition) is 2. The summed E-state index contributed by atoms with van der Waals surface area (Å²) < 4.78 is 0. The number of aromatic nitrogens is 2. The summed E-state index contributed by atoms with van der Waals surface area (Å²) in [5.74, 6) is 1.27. The van der Waals surface area contributed by atoms with Gasteiger partial charge in [-0.2, -0.15) is 0 Å². The Bertz CT molecular complexity index is 368. The van der Waals surface area contributed by atoms with Gasteiger partial charge in [0, 0.05) is 11.6 Å². The Hall–Kier alpha value is -1.32. The van der Waals surface area contributed by atoms with Crippen LogP contribution >= 0.6 is 0 Å². The van der Waals surface area contributed by atoms with Crippen molar-refractivity contribution in [2.75, 3.05) is 5.32 Å². The molecule has 4 heteroatoms. The zero-order valence-corrected chi connectivity index (χ0v) is 9.14. The van der Waals surface area contributed by atoms with Gasteiger partial charge in [-0.3, -0.25) is 4.79 Å². The highest BCUT2D eigenvalue weighted by Gasteiger charge is 2.14. The van der Waals surface area contributed by atoms with E-state index in [4.69, 9.17) is 0 Å². The molecule has 1 aromatic rings. The van der Waals surface area contributed by atoms with Crippen molar-refractivity contribution in [2.45, 2.75) is 39.7 Å². The predicted octanol–water partition coefficient (Wildman–Crippen LogP) is 1.68. The van der Waals surface area contributed by atoms with Crippen LogP contribution in [0, 0.1) is 6.92 Å². The molecule has 78 valence electrons. The molecule has 2 N–H and O–H groups in total. The van der Waals surface area contributed by atoms with Crippen LogP contribution in [0.4, 0.5) is 5.82 Å². The first kappa shape index (κ1) is 10.8. The van der Waals surface area contributed by atoms with Crippen molar-refractivity contribution in [1.29, 1.82) is 0 Å². The van der Waals surface area contributed by atoms with Gasteiger partial charge in [0.2, 0.25) is 0 Å². The number of H-pyrrole nitrogens is 1. The van der Waals surface area contributed by atoms with Gasteiger partial charge in [0.05, 0.1) is 0 Å². The van der Waals surface area contributed by atoms with Gasteiger partial charge < -0.3 is 10.3 Å². The van der Waals surface area contributed by atoms with Crippen molar-refractivity contribution in [2.24, 2.45) is 0 Å². The summed E-state index contributed by atoms with van der Waals surface area (Å²) in [6.07, 6.45) is 0.973. The second-order valence-corrected chi connectivity index (χ2v) is 4.08. The lowest BCUT2D eigenvalue weighted by molar-refractivity contribution is 0.544. The molecule has 0 spiro atoms. The minimum atomic E-state index is -0.119. The van der Waals surface area contributed by atoms with Gasteiger partial charge in [0.15, 0.2) is 0 Å². The minimum Gasteiger partial charge on any atom is -0.365 e. The van der Waals surface area contributed by atoms with E-state index < -0.39 is 0 Å². The summed E-state index contributed by atoms with van der Waals surface area (Å²) in [7, 11) is 0. The standard InChI is InChI=1S/C10H17N3O/c1-5-10(3,4)13-8-6-9(14)12-7(2)11-8/h6H,5H2,1-4H3,(H2,11,12,13,14). The Morgan fingerprint density at radius 2 is 2.21 bits per heavy atom. The van der Waals surface area contributed by atoms with E-state index in [1.165, 1.54) is 6.07 Å². The maximum Gasteiger partial charge on any atom is 0.252 e. The van der Waals surface area contributed by atoms with Crippen LogP contribution in [0.2, 0.25) is 0 Å². The fourth-order valence-electron chi connectivity index (χ4n) is 1.08. The Labute approximate surface area is 83.8 Å². The van der Waals surface area contributed by atoms with Crippen molar-refractivity contribution in [1.82, 2.24) is 9.97 Å². The molecule has 0 aromatic carbocycles. The van der Waals surface area contributed by atoms with Crippen LogP contribution in [0.15, 0.2) is 10.9 Å². The van der Waals surface area contributed by atoms with Crippen LogP contribution in [0.3, 0.4) is 0 Å². The molecule has 1 rings (SSSR count). The largest absolute Gasteiger partial charge is 0.365 e. The average molecular weight is 195 g/mol. The zero-order valence-electron chi connectivity index (χ0n) is 9.14. The number of aromatic amines is 1. The van der Waals surface area contributed by atoms with E-state index in [0.717, 1.165) is 6.42 Å². The van der Waals surface area contributed by atoms with Crippen LogP contribution < -0.4 is 10.9 Å². The number of hydrogen-bond acceptors (Lipinski definition) is 3. The van der Waals surface area contributed by atoms with Crippen LogP contribution in [-0.2, 0) is 0 Å². The lowest BCUT2D eigenvalue weighted by Gasteiger charge is -2.24. The molecule has 0 atom stereocenters. The summed E-state index contributed by atoms with van der Waals surface area (Å²) in [5.41, 5.74) is -0.153. The first-order valence-electron chi connectivity index (χ1n) is 4.79. The molecule has 0 aliphatic rings. The monoisotopic (exact) mass is 195 g/mol. The Balaban J connectivity index is 2.92. The average Bonchev–Trinajstić information content (AvgIpc) is 2.01. The number of aryl methyl sites for hydroxylation is 1. The van der Waals surface area contributed by atoms with Crippen molar-refractivity contribution in [3.8, 4) is 0 Å². The highest BCUT2D eigenvalue weighted by Crippen LogP contribution is 2.14. The Morgan fingerprint density at radius 3 is 2.71 bits per heavy atom. The molecule has 0 bridgehead atoms. The van der Waals surface area contributed by atoms with Gasteiger partial charge in [-0.05, 0) is 27.2 Å². The molecule has 1 aromatic heterocycles. The number of nitrogens with zero attached hydrogens (tertiary/aromatic N) is 1. The van der Waals surface area contributed by atoms with E-state index in [0.29, 0.717) is 11.6 Å². The first-order valence-corrected chi connectivity index (χ1v) is 4.79. The molecule has 14 heavy (non-hydrogen) atoms. The third-order valence-electron chi connectivity index (χ3n) is 2.21. The Morgan fingerprint density at radius 1 is 1.57 bits per heavy atom. The summed E-state index contributed by atoms with van der Waals surface area (Å²) in [4.78, 5) is 18.0. The van der Waals surface area contributed by atoms with Gasteiger partial charge >= 0.3 is 0 Å². The third-order valence-corrected chi connectivity index (χ3v) is 2.21. The summed E-state index contributed by atoms with van der Waals surface area (Å²) >= 11 is 0. The van der Waals surface area contributed by atoms with Gasteiger partial charge in [-0.15, -0.1) is 0 Å². The SMILES string of the molecule is CCC(C)(C)Nc1cc(=O)[nH]c(C)n1. The number of nitrogens with one attached hydrogen (secondary N) is 2. The quantitative estimate of drug-likeness (QED) is 0.771. The van der Waals surface area contributed by atoms with Crippen LogP contribution in [-0.4, -0.2) is 15.5 Å². The molecule has 0 saturated heterocycles. The van der Waals surface area contributed by atoms with E-state index in [9.17, 15) is 4.79 Å². The zero-order chi connectivity index (χ0) is 10.8. The highest BCUT2D eigenvalue weighted by atomic mass is 16.1. The van der Waals surface area contributed by atoms with Crippen LogP contribution in [0.1, 0.15) is 33.0 Å². The van der Waals surface area contributed by atoms with Crippen molar-refractivity contribution >= 4 is 5.82 Å². The molecule has 0 fully saturated rings. The molecule has 1 heterocycles. The second-order valence-electron chi connectivity index (χ2n) is 4.08. The second kappa shape index (κ2) is 3.82. The fourth-order valence-corrected chi connectivity index (χ4v) is 1.08. The molecule has 0 unspecified atom stereocenters. The summed E-state index contributed by atoms with van der Waals surface area (Å²) in [5, 5.41) is 3.22. The predicted molar refractivity (Wildman–Crippen MR) is 57.6 cm³/mol. The van der Waals surface area contributed by atoms with Crippen LogP contribution in [0.25, 0.3) is 0 Å². The molecule has 0 aliphatic carbocycles. The molecule has 0 aliphatic heterocycles. The van der Waals surface area contributed by atoms with Crippen LogP contribution in [0.5, 0.6) is 0 Å². The van der Waals surface area contributed by atoms with E-state index in [2.05, 4.69) is 36.1 Å². The van der Waals surface area contributed by atoms with E-state index in [1.807, 2.05) is 0 Å². The van der Waals surface area contributed by atoms with Gasteiger partial charge in [0.25, 0.3) is 5.56 Å². The van der Waals surface area contributed by atoms with Crippen molar-refractivity contribution in [3.05, 3.63) is 22.2 Å². The maximum absolute atomic E-state index is 11.1. The highest BCUT2D eigenvalue weighted by molar-refractivity contribution is 5.35. The molecule has 0 radical (unpaired) electrons. The van der Waals surface area contributed by atoms with E-state index in [1.54, 1.807) is 6.92 Å². The topological polar surface area (TPSA) is 57.8 Å². The van der Waals surface area contributed by atoms with Gasteiger partial charge in [0.1, 0.15) is 11.6 Å². The lowest BCUT2D eigenvalue weighted by atomic mass is 10.0. The molecular formula is C10H17N3O. The first-order chi connectivity index (χ1) is 6.43. The van der Waals surface area contributed by atoms with Gasteiger partial charge in [-0.25, -0.2) is 4.98 Å². The number of anilines is 1. The maximum atomic E-state index is 11.1. The van der Waals surface area contributed by atoms with Crippen molar-refractivity contribution < 1.29 is 0 Å². The van der Waals surface area contributed by atoms with Gasteiger partial charge in [-0.1, -0.05) is 6.92 Å². The van der Waals surface area contributed by atoms with Crippen molar-refractivity contribution in [3.63, 3.8) is 0 Å². The lowest BCUT2D eigenvalue weighted by Crippen LogP contribution is -2.31. The molecule has 0 saturated carbocycles. The Kier molecular flexibility index (Phi) is 2.93. The fraction of sp³-hybridized carbons (Fsp3) is 0.600. The summed E-state index contributed by atoms with van der Waals surface area (Å²) in [6.45, 7) is 8.01. The van der Waals surface area contributed by atoms with E-state index in [-0.39, 0.29) is 11.1 Å². The third kappa shape index (κ3) is 2.87. The normalized spacial score (nSPS) is 11.4. The molecule has 4 nitrogen and oxygen atoms in total. The van der Waals surface area contributed by atoms with E-state index >= 15 is 0 Å². The minimum absolute atomic E-state index is 0.0345. The number of rotatable bonds is 3. The smallest absolute Gasteiger partial charge is 0.252 e. The summed E-state index contributed by atoms with van der Waals surface area (Å²) in [6, 6.07) is 1.48.